The van der Waals surface area contributed by atoms with E-state index in [2.05, 4.69) is 0 Å². The van der Waals surface area contributed by atoms with Crippen molar-refractivity contribution in [1.29, 1.82) is 10.5 Å². The average molecular weight is 305 g/mol. The monoisotopic (exact) mass is 305 g/mol. The predicted molar refractivity (Wildman–Crippen MR) is 79.6 cm³/mol. The lowest BCUT2D eigenvalue weighted by atomic mass is 9.97. The molecule has 0 saturated carbocycles. The maximum absolute atomic E-state index is 12.6. The van der Waals surface area contributed by atoms with Crippen molar-refractivity contribution in [1.82, 2.24) is 4.98 Å². The molecule has 2 N–H and O–H groups in total. The molecule has 0 aliphatic carbocycles. The molecule has 110 valence electrons. The number of aromatic nitrogens is 1. The second-order valence-electron chi connectivity index (χ2n) is 4.63. The fraction of sp³-hybridized carbons (Fsp3) is 0. The highest BCUT2D eigenvalue weighted by Crippen LogP contribution is 2.28. The van der Waals surface area contributed by atoms with Gasteiger partial charge in [0.25, 0.3) is 5.56 Å². The SMILES string of the molecule is N#Cc1c(O)[nH]c(=O)c(C#N)c1-c1coc2ccccc2c1=O. The second kappa shape index (κ2) is 5.17. The number of H-pyrrole nitrogens is 1. The number of hydrogen-bond acceptors (Lipinski definition) is 6. The first-order valence-corrected chi connectivity index (χ1v) is 6.38. The van der Waals surface area contributed by atoms with Crippen molar-refractivity contribution in [2.45, 2.75) is 0 Å². The van der Waals surface area contributed by atoms with Crippen LogP contribution in [0.1, 0.15) is 11.1 Å². The molecule has 0 saturated heterocycles. The summed E-state index contributed by atoms with van der Waals surface area (Å²) >= 11 is 0. The molecule has 7 heteroatoms. The molecule has 0 unspecified atom stereocenters. The van der Waals surface area contributed by atoms with Crippen LogP contribution in [0.2, 0.25) is 0 Å². The number of nitrogens with zero attached hydrogens (tertiary/aromatic N) is 2. The van der Waals surface area contributed by atoms with Crippen LogP contribution in [0.25, 0.3) is 22.1 Å². The van der Waals surface area contributed by atoms with Crippen LogP contribution in [-0.2, 0) is 0 Å². The standard InChI is InChI=1S/C16H7N3O4/c17-5-9-13(10(6-18)16(22)19-15(9)21)11-7-23-12-4-2-1-3-8(12)14(11)20/h1-4,7H,(H2,19,21,22). The molecule has 1 aromatic carbocycles. The number of aromatic hydroxyl groups is 1. The smallest absolute Gasteiger partial charge is 0.269 e. The largest absolute Gasteiger partial charge is 0.494 e. The van der Waals surface area contributed by atoms with E-state index in [-0.39, 0.29) is 22.1 Å². The third kappa shape index (κ3) is 2.04. The number of hydrogen-bond donors (Lipinski definition) is 2. The van der Waals surface area contributed by atoms with Gasteiger partial charge >= 0.3 is 0 Å². The van der Waals surface area contributed by atoms with Crippen molar-refractivity contribution in [2.24, 2.45) is 0 Å². The lowest BCUT2D eigenvalue weighted by molar-refractivity contribution is 0.450. The van der Waals surface area contributed by atoms with Gasteiger partial charge in [-0.2, -0.15) is 10.5 Å². The van der Waals surface area contributed by atoms with Crippen molar-refractivity contribution in [3.8, 4) is 29.1 Å². The topological polar surface area (TPSA) is 131 Å². The highest BCUT2D eigenvalue weighted by atomic mass is 16.3. The van der Waals surface area contributed by atoms with E-state index in [1.165, 1.54) is 6.07 Å². The molecule has 3 aromatic rings. The van der Waals surface area contributed by atoms with E-state index in [0.717, 1.165) is 6.26 Å². The first-order valence-electron chi connectivity index (χ1n) is 6.38. The van der Waals surface area contributed by atoms with Crippen LogP contribution >= 0.6 is 0 Å². The number of benzene rings is 1. The summed E-state index contributed by atoms with van der Waals surface area (Å²) in [5.41, 5.74) is -2.27. The summed E-state index contributed by atoms with van der Waals surface area (Å²) in [4.78, 5) is 26.4. The molecular formula is C16H7N3O4. The zero-order chi connectivity index (χ0) is 16.6. The van der Waals surface area contributed by atoms with Gasteiger partial charge in [-0.1, -0.05) is 12.1 Å². The minimum Gasteiger partial charge on any atom is -0.494 e. The highest BCUT2D eigenvalue weighted by molar-refractivity contribution is 5.85. The van der Waals surface area contributed by atoms with Crippen LogP contribution in [0.4, 0.5) is 0 Å². The fourth-order valence-electron chi connectivity index (χ4n) is 2.32. The molecule has 23 heavy (non-hydrogen) atoms. The van der Waals surface area contributed by atoms with E-state index in [1.54, 1.807) is 30.3 Å². The molecule has 2 aromatic heterocycles. The van der Waals surface area contributed by atoms with Crippen molar-refractivity contribution in [3.63, 3.8) is 0 Å². The summed E-state index contributed by atoms with van der Waals surface area (Å²) in [5.74, 6) is -0.709. The van der Waals surface area contributed by atoms with Gasteiger partial charge in [0.15, 0.2) is 0 Å². The predicted octanol–water partition coefficient (Wildman–Crippen LogP) is 1.60. The van der Waals surface area contributed by atoms with Gasteiger partial charge in [0.2, 0.25) is 11.3 Å². The van der Waals surface area contributed by atoms with Crippen LogP contribution in [0.5, 0.6) is 5.88 Å². The summed E-state index contributed by atoms with van der Waals surface area (Å²) in [7, 11) is 0. The third-order valence-corrected chi connectivity index (χ3v) is 3.37. The van der Waals surface area contributed by atoms with Crippen molar-refractivity contribution in [3.05, 3.63) is 62.2 Å². The van der Waals surface area contributed by atoms with Crippen molar-refractivity contribution >= 4 is 11.0 Å². The number of aromatic amines is 1. The fourth-order valence-corrected chi connectivity index (χ4v) is 2.32. The zero-order valence-electron chi connectivity index (χ0n) is 11.5. The number of pyridine rings is 1. The van der Waals surface area contributed by atoms with Crippen molar-refractivity contribution in [2.75, 3.05) is 0 Å². The molecule has 3 rings (SSSR count). The Balaban J connectivity index is 2.53. The normalized spacial score (nSPS) is 10.2. The maximum Gasteiger partial charge on any atom is 0.269 e. The van der Waals surface area contributed by atoms with Crippen LogP contribution in [0.15, 0.2) is 44.5 Å². The minimum atomic E-state index is -0.897. The Morgan fingerprint density at radius 2 is 1.78 bits per heavy atom. The van der Waals surface area contributed by atoms with Crippen LogP contribution in [0.3, 0.4) is 0 Å². The molecule has 0 radical (unpaired) electrons. The number of nitrogens with one attached hydrogen (secondary N) is 1. The van der Waals surface area contributed by atoms with Gasteiger partial charge in [0.05, 0.1) is 10.9 Å². The third-order valence-electron chi connectivity index (χ3n) is 3.37. The number of para-hydroxylation sites is 1. The molecule has 0 aliphatic rings. The van der Waals surface area contributed by atoms with E-state index in [1.807, 2.05) is 4.98 Å². The van der Waals surface area contributed by atoms with E-state index in [9.17, 15) is 25.2 Å². The number of rotatable bonds is 1. The van der Waals surface area contributed by atoms with E-state index in [4.69, 9.17) is 4.42 Å². The lowest BCUT2D eigenvalue weighted by Gasteiger charge is -2.07. The Hall–Kier alpha value is -3.84. The molecule has 0 amide bonds. The Bertz CT molecular complexity index is 1140. The minimum absolute atomic E-state index is 0.141. The molecule has 0 atom stereocenters. The Morgan fingerprint density at radius 3 is 2.48 bits per heavy atom. The Morgan fingerprint density at radius 1 is 1.09 bits per heavy atom. The van der Waals surface area contributed by atoms with E-state index >= 15 is 0 Å². The summed E-state index contributed by atoms with van der Waals surface area (Å²) in [6, 6.07) is 9.77. The quantitative estimate of drug-likeness (QED) is 0.702. The summed E-state index contributed by atoms with van der Waals surface area (Å²) in [6.45, 7) is 0. The maximum atomic E-state index is 12.6. The summed E-state index contributed by atoms with van der Waals surface area (Å²) in [5, 5.41) is 28.4. The van der Waals surface area contributed by atoms with Gasteiger partial charge < -0.3 is 9.52 Å². The van der Waals surface area contributed by atoms with Gasteiger partial charge in [-0.3, -0.25) is 14.6 Å². The zero-order valence-corrected chi connectivity index (χ0v) is 11.5. The summed E-state index contributed by atoms with van der Waals surface area (Å²) < 4.78 is 5.34. The average Bonchev–Trinajstić information content (AvgIpc) is 2.55. The Labute approximate surface area is 128 Å². The van der Waals surface area contributed by atoms with Gasteiger partial charge in [0.1, 0.15) is 35.1 Å². The first-order chi connectivity index (χ1) is 11.1. The number of fused-ring (bicyclic) bond motifs is 1. The molecule has 0 spiro atoms. The van der Waals surface area contributed by atoms with Crippen LogP contribution < -0.4 is 11.0 Å². The lowest BCUT2D eigenvalue weighted by Crippen LogP contribution is -2.16. The molecule has 2 heterocycles. The second-order valence-corrected chi connectivity index (χ2v) is 4.63. The molecule has 0 aliphatic heterocycles. The van der Waals surface area contributed by atoms with Gasteiger partial charge in [-0.15, -0.1) is 0 Å². The summed E-state index contributed by atoms with van der Waals surface area (Å²) in [6.07, 6.45) is 1.07. The van der Waals surface area contributed by atoms with Crippen LogP contribution in [0, 0.1) is 22.7 Å². The molecule has 0 fully saturated rings. The van der Waals surface area contributed by atoms with Gasteiger partial charge in [-0.25, -0.2) is 0 Å². The first kappa shape index (κ1) is 14.1. The molecular weight excluding hydrogens is 298 g/mol. The molecule has 7 nitrogen and oxygen atoms in total. The molecule has 0 bridgehead atoms. The van der Waals surface area contributed by atoms with Crippen LogP contribution in [-0.4, -0.2) is 10.1 Å². The van der Waals surface area contributed by atoms with E-state index in [0.29, 0.717) is 5.58 Å². The van der Waals surface area contributed by atoms with Gasteiger partial charge in [0, 0.05) is 5.56 Å². The Kier molecular flexibility index (Phi) is 3.17. The van der Waals surface area contributed by atoms with Gasteiger partial charge in [-0.05, 0) is 12.1 Å². The number of nitriles is 2. The van der Waals surface area contributed by atoms with Crippen molar-refractivity contribution < 1.29 is 9.52 Å². The van der Waals surface area contributed by atoms with E-state index < -0.39 is 22.4 Å². The highest BCUT2D eigenvalue weighted by Gasteiger charge is 2.22.